The zero-order valence-corrected chi connectivity index (χ0v) is 35.6. The number of allylic oxidation sites excluding steroid dienone is 1. The lowest BCUT2D eigenvalue weighted by molar-refractivity contribution is -0.144. The number of nitrogens with one attached hydrogen (secondary N) is 3. The van der Waals surface area contributed by atoms with Crippen LogP contribution < -0.4 is 24.8 Å². The van der Waals surface area contributed by atoms with Gasteiger partial charge >= 0.3 is 6.09 Å². The van der Waals surface area contributed by atoms with Crippen molar-refractivity contribution in [2.45, 2.75) is 140 Å². The van der Waals surface area contributed by atoms with Crippen molar-refractivity contribution in [1.29, 1.82) is 0 Å². The Balaban J connectivity index is 1.28. The Morgan fingerprint density at radius 2 is 1.82 bits per heavy atom. The molecule has 4 amide bonds. The van der Waals surface area contributed by atoms with Crippen molar-refractivity contribution in [3.63, 3.8) is 0 Å². The molecule has 1 aromatic carbocycles. The number of methoxy groups -OCH3 is 1. The van der Waals surface area contributed by atoms with Gasteiger partial charge in [-0.1, -0.05) is 52.7 Å². The number of nitrogens with zero attached hydrogens (tertiary/aromatic N) is 3. The van der Waals surface area contributed by atoms with E-state index >= 15 is 0 Å². The molecule has 1 aromatic heterocycles. The topological polar surface area (TPSA) is 195 Å². The molecule has 1 saturated heterocycles. The molecule has 8 atom stereocenters. The molecule has 60 heavy (non-hydrogen) atoms. The molecule has 3 N–H and O–H groups in total. The molecule has 0 unspecified atom stereocenters. The van der Waals surface area contributed by atoms with Crippen LogP contribution in [0.3, 0.4) is 0 Å². The highest BCUT2D eigenvalue weighted by atomic mass is 32.2. The summed E-state index contributed by atoms with van der Waals surface area (Å²) in [5.74, 6) is -4.55. The maximum absolute atomic E-state index is 15.0. The summed E-state index contributed by atoms with van der Waals surface area (Å²) < 4.78 is 74.4. The van der Waals surface area contributed by atoms with Crippen molar-refractivity contribution in [2.75, 3.05) is 13.7 Å². The van der Waals surface area contributed by atoms with Crippen LogP contribution in [0.4, 0.5) is 13.6 Å². The highest BCUT2D eigenvalue weighted by molar-refractivity contribution is 7.91. The molecule has 2 aromatic rings. The SMILES string of the molecule is CC[C@@H]1[C@@H]2CN(C(=O)[C@H](C(C)(C)C)NC(=O)O[C@@H]3CCC=C[C@H]3CCCCCc3nc4ccc(OC)cc4nc3O2)[C@@H]1C(=O)N[C@]1(C(=O)NS(=O)(=O)C2CC2)C[C@H]1C(F)F. The molecular formula is C42H56F2N6O9S. The van der Waals surface area contributed by atoms with Gasteiger partial charge in [0.05, 0.1) is 35.9 Å². The number of fused-ring (bicyclic) bond motifs is 5. The Hall–Kier alpha value is -4.61. The molecule has 328 valence electrons. The van der Waals surface area contributed by atoms with E-state index in [1.807, 2.05) is 4.72 Å². The van der Waals surface area contributed by atoms with Gasteiger partial charge in [-0.2, -0.15) is 0 Å². The number of sulfonamides is 1. The van der Waals surface area contributed by atoms with Crippen LogP contribution in [-0.4, -0.2) is 102 Å². The quantitative estimate of drug-likeness (QED) is 0.304. The first-order chi connectivity index (χ1) is 28.4. The van der Waals surface area contributed by atoms with E-state index in [2.05, 4.69) is 22.8 Å². The molecule has 3 aliphatic carbocycles. The first-order valence-electron chi connectivity index (χ1n) is 21.1. The number of carbonyl (C=O) groups is 4. The third-order valence-electron chi connectivity index (χ3n) is 12.6. The Kier molecular flexibility index (Phi) is 12.3. The van der Waals surface area contributed by atoms with Crippen LogP contribution in [0.25, 0.3) is 11.0 Å². The summed E-state index contributed by atoms with van der Waals surface area (Å²) in [6.07, 6.45) is 4.49. The van der Waals surface area contributed by atoms with Crippen LogP contribution in [0.15, 0.2) is 30.4 Å². The van der Waals surface area contributed by atoms with E-state index in [1.54, 1.807) is 45.9 Å². The summed E-state index contributed by atoms with van der Waals surface area (Å²) >= 11 is 0. The number of aromatic nitrogens is 2. The minimum absolute atomic E-state index is 0.0255. The summed E-state index contributed by atoms with van der Waals surface area (Å²) in [5.41, 5.74) is -1.46. The van der Waals surface area contributed by atoms with Crippen LogP contribution in [0, 0.1) is 23.2 Å². The second-order valence-corrected chi connectivity index (χ2v) is 19.9. The van der Waals surface area contributed by atoms with Gasteiger partial charge in [0.2, 0.25) is 34.1 Å². The number of halogens is 2. The van der Waals surface area contributed by atoms with E-state index in [9.17, 15) is 36.4 Å². The summed E-state index contributed by atoms with van der Waals surface area (Å²) in [6, 6.07) is 2.69. The maximum Gasteiger partial charge on any atom is 0.408 e. The van der Waals surface area contributed by atoms with E-state index < -0.39 is 99.0 Å². The van der Waals surface area contributed by atoms with Crippen molar-refractivity contribution >= 4 is 44.9 Å². The number of ether oxygens (including phenoxy) is 3. The largest absolute Gasteiger partial charge is 0.497 e. The number of benzene rings is 1. The number of amides is 4. The molecular weight excluding hydrogens is 803 g/mol. The van der Waals surface area contributed by atoms with Crippen LogP contribution in [0.2, 0.25) is 0 Å². The van der Waals surface area contributed by atoms with E-state index in [-0.39, 0.29) is 24.8 Å². The van der Waals surface area contributed by atoms with Crippen molar-refractivity contribution in [1.82, 2.24) is 30.2 Å². The van der Waals surface area contributed by atoms with Crippen molar-refractivity contribution in [2.24, 2.45) is 23.2 Å². The number of hydrogen-bond donors (Lipinski definition) is 3. The van der Waals surface area contributed by atoms with Crippen LogP contribution in [0.1, 0.15) is 97.6 Å². The van der Waals surface area contributed by atoms with Crippen LogP contribution in [-0.2, 0) is 35.6 Å². The van der Waals surface area contributed by atoms with Gasteiger partial charge in [-0.3, -0.25) is 19.1 Å². The van der Waals surface area contributed by atoms with E-state index in [0.717, 1.165) is 32.1 Å². The Morgan fingerprint density at radius 1 is 1.05 bits per heavy atom. The average molecular weight is 859 g/mol. The molecule has 5 aliphatic rings. The zero-order chi connectivity index (χ0) is 43.1. The monoisotopic (exact) mass is 858 g/mol. The predicted molar refractivity (Wildman–Crippen MR) is 216 cm³/mol. The van der Waals surface area contributed by atoms with E-state index in [1.165, 1.54) is 12.0 Å². The number of carbonyl (C=O) groups excluding carboxylic acids is 4. The summed E-state index contributed by atoms with van der Waals surface area (Å²) in [7, 11) is -2.62. The highest BCUT2D eigenvalue weighted by Crippen LogP contribution is 2.49. The van der Waals surface area contributed by atoms with E-state index in [0.29, 0.717) is 48.2 Å². The normalized spacial score (nSPS) is 30.2. The molecule has 7 rings (SSSR count). The second kappa shape index (κ2) is 17.0. The predicted octanol–water partition coefficient (Wildman–Crippen LogP) is 4.96. The van der Waals surface area contributed by atoms with Gasteiger partial charge in [-0.15, -0.1) is 0 Å². The smallest absolute Gasteiger partial charge is 0.408 e. The van der Waals surface area contributed by atoms with Gasteiger partial charge in [0.25, 0.3) is 5.91 Å². The Morgan fingerprint density at radius 3 is 2.48 bits per heavy atom. The number of alkyl halides is 2. The maximum atomic E-state index is 15.0. The minimum atomic E-state index is -4.15. The molecule has 2 aliphatic heterocycles. The summed E-state index contributed by atoms with van der Waals surface area (Å²) in [4.78, 5) is 68.1. The summed E-state index contributed by atoms with van der Waals surface area (Å²) in [5, 5.41) is 4.49. The fourth-order valence-corrected chi connectivity index (χ4v) is 10.3. The number of aryl methyl sites for hydroxylation is 1. The number of alkyl carbamates (subject to hydrolysis) is 1. The third kappa shape index (κ3) is 9.03. The molecule has 3 heterocycles. The molecule has 0 spiro atoms. The Bertz CT molecular complexity index is 2130. The fourth-order valence-electron chi connectivity index (χ4n) is 8.91. The summed E-state index contributed by atoms with van der Waals surface area (Å²) in [6.45, 7) is 6.88. The second-order valence-electron chi connectivity index (χ2n) is 17.9. The number of rotatable bonds is 8. The van der Waals surface area contributed by atoms with Gasteiger partial charge in [0, 0.05) is 17.9 Å². The van der Waals surface area contributed by atoms with Gasteiger partial charge in [-0.25, -0.2) is 32.0 Å². The molecule has 18 heteroatoms. The minimum Gasteiger partial charge on any atom is -0.497 e. The van der Waals surface area contributed by atoms with E-state index in [4.69, 9.17) is 24.2 Å². The number of hydrogen-bond acceptors (Lipinski definition) is 11. The zero-order valence-electron chi connectivity index (χ0n) is 34.7. The lowest BCUT2D eigenvalue weighted by Crippen LogP contribution is -2.61. The van der Waals surface area contributed by atoms with Gasteiger partial charge in [0.1, 0.15) is 41.3 Å². The van der Waals surface area contributed by atoms with Crippen molar-refractivity contribution < 1.29 is 50.6 Å². The van der Waals surface area contributed by atoms with Crippen LogP contribution in [0.5, 0.6) is 11.6 Å². The molecule has 15 nitrogen and oxygen atoms in total. The molecule has 3 fully saturated rings. The van der Waals surface area contributed by atoms with Crippen LogP contribution >= 0.6 is 0 Å². The third-order valence-corrected chi connectivity index (χ3v) is 14.4. The Labute approximate surface area is 349 Å². The molecule has 2 bridgehead atoms. The molecule has 0 radical (unpaired) electrons. The first-order valence-corrected chi connectivity index (χ1v) is 22.6. The van der Waals surface area contributed by atoms with Gasteiger partial charge in [0.15, 0.2) is 0 Å². The molecule has 2 saturated carbocycles. The average Bonchev–Trinajstić information content (AvgIpc) is 4.13. The van der Waals surface area contributed by atoms with Gasteiger partial charge < -0.3 is 29.7 Å². The lowest BCUT2D eigenvalue weighted by Gasteiger charge is -2.36. The highest BCUT2D eigenvalue weighted by Gasteiger charge is 2.67. The van der Waals surface area contributed by atoms with Crippen molar-refractivity contribution in [3.05, 3.63) is 36.0 Å². The standard InChI is InChI=1S/C42H56F2N6O9S/c1-6-26-32-22-50(33(26)36(51)48-42(21-27(42)35(43)44)39(53)49-60(55,56)25-17-18-25)38(52)34(41(2,3)4)47-40(54)59-31-15-11-10-13-23(31)12-8-7-9-14-29-37(58-32)46-30-20-24(57-5)16-19-28(30)45-29/h10,13,16,19-20,23,25-27,31-35H,6-9,11-12,14-15,17-18,21-22H2,1-5H3,(H,47,54)(H,48,51)(H,49,53)/t23-,26-,27+,31-,32+,33+,34-,42-/m1/s1. The van der Waals surface area contributed by atoms with Gasteiger partial charge in [-0.05, 0) is 75.3 Å². The first kappa shape index (κ1) is 43.5. The van der Waals surface area contributed by atoms with Crippen molar-refractivity contribution in [3.8, 4) is 11.6 Å². The lowest BCUT2D eigenvalue weighted by atomic mass is 9.85. The fraction of sp³-hybridized carbons (Fsp3) is 0.667.